The second-order valence-corrected chi connectivity index (χ2v) is 2.37. The van der Waals surface area contributed by atoms with Gasteiger partial charge in [-0.3, -0.25) is 5.10 Å². The molecule has 2 N–H and O–H groups in total. The Morgan fingerprint density at radius 1 is 1.25 bits per heavy atom. The van der Waals surface area contributed by atoms with Crippen LogP contribution in [0.5, 0.6) is 0 Å². The minimum Gasteiger partial charge on any atom is -0.277 e. The fourth-order valence-corrected chi connectivity index (χ4v) is 1.38. The number of aromatic nitrogens is 2. The summed E-state index contributed by atoms with van der Waals surface area (Å²) in [5.41, 5.74) is 2.36. The molecule has 0 fully saturated rings. The van der Waals surface area contributed by atoms with Crippen LogP contribution in [0.25, 0.3) is 21.8 Å². The summed E-state index contributed by atoms with van der Waals surface area (Å²) >= 11 is 0. The van der Waals surface area contributed by atoms with Crippen molar-refractivity contribution in [1.29, 1.82) is 0 Å². The van der Waals surface area contributed by atoms with Gasteiger partial charge >= 0.3 is 0 Å². The molecule has 0 aliphatic rings. The fourth-order valence-electron chi connectivity index (χ4n) is 1.38. The maximum Gasteiger partial charge on any atom is 0.102 e. The Bertz CT molecular complexity index is 381. The van der Waals surface area contributed by atoms with Crippen LogP contribution in [0.4, 0.5) is 8.96 Å². The van der Waals surface area contributed by atoms with Gasteiger partial charge < -0.3 is 0 Å². The second-order valence-electron chi connectivity index (χ2n) is 2.37. The average Bonchev–Trinajstić information content (AvgIpc) is 2.67. The molecule has 3 nitrogen and oxygen atoms in total. The quantitative estimate of drug-likeness (QED) is 0.505. The van der Waals surface area contributed by atoms with Crippen molar-refractivity contribution in [3.8, 4) is 0 Å². The van der Waals surface area contributed by atoms with Gasteiger partial charge in [0, 0.05) is 16.5 Å². The molecule has 0 saturated heterocycles. The molecular weight excluding hydrogens is 164 g/mol. The maximum atomic E-state index is 9.38. The highest BCUT2D eigenvalue weighted by Crippen LogP contribution is 2.33. The first-order valence-electron chi connectivity index (χ1n) is 3.32. The van der Waals surface area contributed by atoms with E-state index in [4.69, 9.17) is 0 Å². The summed E-state index contributed by atoms with van der Waals surface area (Å²) in [7, 11) is 0. The number of halogens is 2. The molecule has 0 aliphatic carbocycles. The highest BCUT2D eigenvalue weighted by molar-refractivity contribution is 6.23. The minimum absolute atomic E-state index is 0.250. The van der Waals surface area contributed by atoms with Crippen LogP contribution in [0.3, 0.4) is 0 Å². The van der Waals surface area contributed by atoms with Crippen molar-refractivity contribution in [1.82, 2.24) is 16.0 Å². The highest BCUT2D eigenvalue weighted by atomic mass is 19.4. The number of benzene rings is 2. The summed E-state index contributed by atoms with van der Waals surface area (Å²) in [6, 6.07) is 6.22. The Morgan fingerprint density at radius 3 is 2.17 bits per heavy atom. The zero-order chi connectivity index (χ0) is 8.55. The van der Waals surface area contributed by atoms with E-state index in [1.165, 1.54) is 16.3 Å². The number of nitrogens with zero attached hydrogens (tertiary/aromatic N) is 1. The molecule has 5 heteroatoms. The van der Waals surface area contributed by atoms with E-state index in [1.54, 1.807) is 0 Å². The second kappa shape index (κ2) is 2.53. The Kier molecular flexibility index (Phi) is 1.51. The first-order valence-corrected chi connectivity index (χ1v) is 3.32. The molecule has 5 rings (SSSR count). The van der Waals surface area contributed by atoms with Crippen molar-refractivity contribution in [2.45, 2.75) is 0 Å². The van der Waals surface area contributed by atoms with Crippen LogP contribution in [0, 0.1) is 0 Å². The average molecular weight is 169 g/mol. The van der Waals surface area contributed by atoms with E-state index >= 15 is 0 Å². The molecule has 0 amide bonds. The van der Waals surface area contributed by atoms with E-state index in [9.17, 15) is 8.96 Å². The molecule has 4 bridgehead atoms. The predicted molar refractivity (Wildman–Crippen MR) is 41.3 cm³/mol. The number of hydrogen-bond donors (Lipinski definition) is 2. The van der Waals surface area contributed by atoms with Gasteiger partial charge in [-0.05, 0) is 0 Å². The SMILES string of the molecule is FNF.c1cc2c3n[nH]c2c3c1. The summed E-state index contributed by atoms with van der Waals surface area (Å²) in [5.74, 6) is -0.250. The monoisotopic (exact) mass is 169 g/mol. The standard InChI is InChI=1S/C7H4N2.F2HN/c1-2-4-6-5(3-1)7(4)9-8-6;1-3-2/h1-3H,(H,8,9);3H. The summed E-state index contributed by atoms with van der Waals surface area (Å²) in [6.07, 6.45) is 0. The van der Waals surface area contributed by atoms with Crippen molar-refractivity contribution in [2.75, 3.05) is 0 Å². The Balaban J connectivity index is 0.000000169. The fraction of sp³-hybridized carbons (Fsp3) is 0. The molecule has 0 aliphatic heterocycles. The molecule has 2 aromatic heterocycles. The molecule has 5 aromatic rings. The first-order chi connectivity index (χ1) is 5.88. The molecule has 0 unspecified atom stereocenters. The summed E-state index contributed by atoms with van der Waals surface area (Å²) < 4.78 is 18.8. The third-order valence-corrected chi connectivity index (χ3v) is 1.85. The van der Waals surface area contributed by atoms with Gasteiger partial charge in [-0.1, -0.05) is 18.2 Å². The molecule has 2 heterocycles. The molecule has 0 spiro atoms. The van der Waals surface area contributed by atoms with Crippen LogP contribution in [-0.2, 0) is 0 Å². The molecule has 12 heavy (non-hydrogen) atoms. The van der Waals surface area contributed by atoms with Crippen LogP contribution in [0.1, 0.15) is 0 Å². The molecule has 0 saturated carbocycles. The largest absolute Gasteiger partial charge is 0.277 e. The Hall–Kier alpha value is -1.49. The van der Waals surface area contributed by atoms with Crippen LogP contribution in [0.2, 0.25) is 0 Å². The van der Waals surface area contributed by atoms with E-state index in [0.717, 1.165) is 5.52 Å². The molecule has 0 radical (unpaired) electrons. The minimum atomic E-state index is -0.250. The smallest absolute Gasteiger partial charge is 0.102 e. The van der Waals surface area contributed by atoms with Crippen molar-refractivity contribution in [3.63, 3.8) is 0 Å². The first kappa shape index (κ1) is 7.17. The lowest BCUT2D eigenvalue weighted by molar-refractivity contribution is 0.130. The molecular formula is C7H5F2N3. The van der Waals surface area contributed by atoms with Crippen LogP contribution in [-0.4, -0.2) is 10.2 Å². The summed E-state index contributed by atoms with van der Waals surface area (Å²) in [4.78, 5) is 0. The number of para-hydroxylation sites is 1. The van der Waals surface area contributed by atoms with E-state index in [2.05, 4.69) is 28.4 Å². The Labute approximate surface area is 65.9 Å². The zero-order valence-electron chi connectivity index (χ0n) is 5.94. The van der Waals surface area contributed by atoms with E-state index < -0.39 is 0 Å². The van der Waals surface area contributed by atoms with Gasteiger partial charge in [0.05, 0.1) is 5.52 Å². The van der Waals surface area contributed by atoms with E-state index in [-0.39, 0.29) is 5.76 Å². The lowest BCUT2D eigenvalue weighted by Gasteiger charge is -1.98. The third-order valence-electron chi connectivity index (χ3n) is 1.85. The van der Waals surface area contributed by atoms with Crippen molar-refractivity contribution < 1.29 is 8.96 Å². The molecule has 62 valence electrons. The zero-order valence-corrected chi connectivity index (χ0v) is 5.94. The van der Waals surface area contributed by atoms with Gasteiger partial charge in [-0.25, -0.2) is 0 Å². The lowest BCUT2D eigenvalue weighted by Crippen LogP contribution is -1.76. The van der Waals surface area contributed by atoms with Gasteiger partial charge in [-0.2, -0.15) is 5.10 Å². The van der Waals surface area contributed by atoms with Crippen molar-refractivity contribution in [2.24, 2.45) is 0 Å². The normalized spacial score (nSPS) is 10.8. The lowest BCUT2D eigenvalue weighted by atomic mass is 10.0. The number of hydrogen-bond acceptors (Lipinski definition) is 2. The highest BCUT2D eigenvalue weighted by Gasteiger charge is 2.13. The summed E-state index contributed by atoms with van der Waals surface area (Å²) in [6.45, 7) is 0. The number of rotatable bonds is 0. The maximum absolute atomic E-state index is 9.38. The van der Waals surface area contributed by atoms with Crippen LogP contribution >= 0.6 is 0 Å². The number of H-pyrrole nitrogens is 1. The predicted octanol–water partition coefficient (Wildman–Crippen LogP) is 1.94. The third kappa shape index (κ3) is 0.738. The number of fused-ring (bicyclic) bond motifs is 3. The van der Waals surface area contributed by atoms with Crippen molar-refractivity contribution in [3.05, 3.63) is 18.2 Å². The van der Waals surface area contributed by atoms with E-state index in [0.29, 0.717) is 0 Å². The van der Waals surface area contributed by atoms with Crippen LogP contribution < -0.4 is 5.76 Å². The number of nitrogens with one attached hydrogen (secondary N) is 2. The van der Waals surface area contributed by atoms with Gasteiger partial charge in [-0.15, -0.1) is 8.96 Å². The number of aromatic amines is 1. The molecule has 3 aromatic carbocycles. The van der Waals surface area contributed by atoms with Gasteiger partial charge in [0.1, 0.15) is 5.52 Å². The van der Waals surface area contributed by atoms with Gasteiger partial charge in [0.25, 0.3) is 0 Å². The van der Waals surface area contributed by atoms with Crippen LogP contribution in [0.15, 0.2) is 18.2 Å². The van der Waals surface area contributed by atoms with Gasteiger partial charge in [0.2, 0.25) is 0 Å². The van der Waals surface area contributed by atoms with Crippen molar-refractivity contribution >= 4 is 21.8 Å². The molecule has 0 atom stereocenters. The topological polar surface area (TPSA) is 40.7 Å². The Morgan fingerprint density at radius 2 is 1.83 bits per heavy atom. The van der Waals surface area contributed by atoms with Gasteiger partial charge in [0.15, 0.2) is 0 Å². The van der Waals surface area contributed by atoms with E-state index in [1.807, 2.05) is 0 Å². The summed E-state index contributed by atoms with van der Waals surface area (Å²) in [5, 5.41) is 9.58.